The normalized spacial score (nSPS) is 10.5. The highest BCUT2D eigenvalue weighted by atomic mass is 32.2. The zero-order chi connectivity index (χ0) is 10.8. The number of nitro groups is 1. The van der Waals surface area contributed by atoms with E-state index >= 15 is 0 Å². The van der Waals surface area contributed by atoms with Crippen molar-refractivity contribution in [2.24, 2.45) is 7.05 Å². The Kier molecular flexibility index (Phi) is 2.42. The van der Waals surface area contributed by atoms with Crippen molar-refractivity contribution in [3.05, 3.63) is 28.8 Å². The first kappa shape index (κ1) is 9.71. The van der Waals surface area contributed by atoms with Crippen molar-refractivity contribution >= 4 is 17.6 Å². The van der Waals surface area contributed by atoms with Crippen molar-refractivity contribution in [2.45, 2.75) is 10.2 Å². The van der Waals surface area contributed by atoms with Gasteiger partial charge in [0.2, 0.25) is 6.33 Å². The van der Waals surface area contributed by atoms with E-state index in [2.05, 4.69) is 15.0 Å². The molecule has 78 valence electrons. The molecule has 8 heteroatoms. The van der Waals surface area contributed by atoms with Crippen LogP contribution in [0.4, 0.5) is 5.82 Å². The van der Waals surface area contributed by atoms with Gasteiger partial charge >= 0.3 is 5.82 Å². The molecule has 7 nitrogen and oxygen atoms in total. The highest BCUT2D eigenvalue weighted by Crippen LogP contribution is 2.30. The lowest BCUT2D eigenvalue weighted by Crippen LogP contribution is -1.93. The largest absolute Gasteiger partial charge is 0.396 e. The van der Waals surface area contributed by atoms with Gasteiger partial charge in [0, 0.05) is 19.4 Å². The third-order valence-corrected chi connectivity index (χ3v) is 2.78. The van der Waals surface area contributed by atoms with E-state index in [1.54, 1.807) is 24.0 Å². The number of H-pyrrole nitrogens is 1. The lowest BCUT2D eigenvalue weighted by molar-refractivity contribution is -0.392. The summed E-state index contributed by atoms with van der Waals surface area (Å²) in [5.74, 6) is -0.154. The van der Waals surface area contributed by atoms with Gasteiger partial charge in [0.15, 0.2) is 10.2 Å². The minimum Gasteiger partial charge on any atom is -0.358 e. The first-order chi connectivity index (χ1) is 7.18. The number of aryl methyl sites for hydroxylation is 1. The first-order valence-electron chi connectivity index (χ1n) is 4.01. The van der Waals surface area contributed by atoms with Crippen molar-refractivity contribution in [3.8, 4) is 0 Å². The number of nitrogens with zero attached hydrogens (tertiary/aromatic N) is 4. The second-order valence-corrected chi connectivity index (χ2v) is 3.72. The summed E-state index contributed by atoms with van der Waals surface area (Å²) < 4.78 is 1.59. The Labute approximate surface area is 88.7 Å². The zero-order valence-electron chi connectivity index (χ0n) is 7.75. The molecular formula is C7H7N5O2S. The predicted molar refractivity (Wildman–Crippen MR) is 52.6 cm³/mol. The fraction of sp³-hybridized carbons (Fsp3) is 0.143. The number of nitrogens with one attached hydrogen (secondary N) is 1. The monoisotopic (exact) mass is 225 g/mol. The summed E-state index contributed by atoms with van der Waals surface area (Å²) in [6, 6.07) is 0. The van der Waals surface area contributed by atoms with E-state index in [1.807, 2.05) is 0 Å². The van der Waals surface area contributed by atoms with Gasteiger partial charge in [-0.2, -0.15) is 0 Å². The molecular weight excluding hydrogens is 218 g/mol. The van der Waals surface area contributed by atoms with Crippen LogP contribution >= 0.6 is 11.8 Å². The summed E-state index contributed by atoms with van der Waals surface area (Å²) in [5.41, 5.74) is 0. The third-order valence-electron chi connectivity index (χ3n) is 1.70. The van der Waals surface area contributed by atoms with Gasteiger partial charge in [-0.3, -0.25) is 0 Å². The van der Waals surface area contributed by atoms with Crippen molar-refractivity contribution in [2.75, 3.05) is 0 Å². The molecule has 0 saturated heterocycles. The number of rotatable bonds is 3. The molecule has 0 atom stereocenters. The Morgan fingerprint density at radius 1 is 1.60 bits per heavy atom. The van der Waals surface area contributed by atoms with Gasteiger partial charge in [0.1, 0.15) is 0 Å². The summed E-state index contributed by atoms with van der Waals surface area (Å²) in [7, 11) is 1.70. The molecule has 15 heavy (non-hydrogen) atoms. The van der Waals surface area contributed by atoms with Gasteiger partial charge in [0.05, 0.1) is 0 Å². The predicted octanol–water partition coefficient (Wildman–Crippen LogP) is 1.20. The Morgan fingerprint density at radius 3 is 3.00 bits per heavy atom. The SMILES string of the molecule is Cn1cnc([N+](=O)[O-])c1Sc1ncc[nH]1. The number of aromatic nitrogens is 4. The van der Waals surface area contributed by atoms with Crippen LogP contribution < -0.4 is 0 Å². The van der Waals surface area contributed by atoms with Crippen LogP contribution in [0.2, 0.25) is 0 Å². The molecule has 0 bridgehead atoms. The second kappa shape index (κ2) is 3.73. The van der Waals surface area contributed by atoms with Crippen molar-refractivity contribution in [3.63, 3.8) is 0 Å². The molecule has 0 aliphatic heterocycles. The van der Waals surface area contributed by atoms with Crippen LogP contribution in [-0.2, 0) is 7.05 Å². The lowest BCUT2D eigenvalue weighted by Gasteiger charge is -1.97. The Morgan fingerprint density at radius 2 is 2.40 bits per heavy atom. The fourth-order valence-electron chi connectivity index (χ4n) is 1.05. The maximum Gasteiger partial charge on any atom is 0.396 e. The van der Waals surface area contributed by atoms with Gasteiger partial charge in [-0.1, -0.05) is 0 Å². The maximum absolute atomic E-state index is 10.6. The summed E-state index contributed by atoms with van der Waals surface area (Å²) in [6.45, 7) is 0. The first-order valence-corrected chi connectivity index (χ1v) is 4.83. The fourth-order valence-corrected chi connectivity index (χ4v) is 1.88. The molecule has 2 aromatic rings. The van der Waals surface area contributed by atoms with E-state index < -0.39 is 4.92 Å². The van der Waals surface area contributed by atoms with E-state index in [0.717, 1.165) is 0 Å². The summed E-state index contributed by atoms with van der Waals surface area (Å²) in [5, 5.41) is 11.7. The number of hydrogen-bond donors (Lipinski definition) is 1. The number of hydrogen-bond acceptors (Lipinski definition) is 5. The Hall–Kier alpha value is -1.83. The maximum atomic E-state index is 10.6. The molecule has 0 unspecified atom stereocenters. The lowest BCUT2D eigenvalue weighted by atomic mass is 10.8. The van der Waals surface area contributed by atoms with Gasteiger partial charge in [-0.05, 0) is 21.7 Å². The number of imidazole rings is 2. The summed E-state index contributed by atoms with van der Waals surface area (Å²) in [4.78, 5) is 20.7. The molecule has 2 aromatic heterocycles. The Bertz CT molecular complexity index is 478. The van der Waals surface area contributed by atoms with Crippen LogP contribution in [-0.4, -0.2) is 24.4 Å². The van der Waals surface area contributed by atoms with E-state index in [9.17, 15) is 10.1 Å². The van der Waals surface area contributed by atoms with E-state index in [4.69, 9.17) is 0 Å². The molecule has 0 spiro atoms. The molecule has 2 heterocycles. The molecule has 1 N–H and O–H groups in total. The van der Waals surface area contributed by atoms with Crippen LogP contribution in [0.3, 0.4) is 0 Å². The standard InChI is InChI=1S/C7H7N5O2S/c1-11-4-10-5(12(13)14)6(11)15-7-8-2-3-9-7/h2-4H,1H3,(H,8,9). The van der Waals surface area contributed by atoms with Crippen LogP contribution in [0, 0.1) is 10.1 Å². The second-order valence-electron chi connectivity index (χ2n) is 2.74. The minimum absolute atomic E-state index is 0.154. The van der Waals surface area contributed by atoms with E-state index in [1.165, 1.54) is 18.1 Å². The van der Waals surface area contributed by atoms with Crippen LogP contribution in [0.15, 0.2) is 28.9 Å². The molecule has 0 fully saturated rings. The quantitative estimate of drug-likeness (QED) is 0.626. The van der Waals surface area contributed by atoms with Crippen molar-refractivity contribution in [1.82, 2.24) is 19.5 Å². The van der Waals surface area contributed by atoms with Crippen molar-refractivity contribution < 1.29 is 4.92 Å². The molecule has 0 amide bonds. The zero-order valence-corrected chi connectivity index (χ0v) is 8.56. The van der Waals surface area contributed by atoms with Gasteiger partial charge < -0.3 is 19.7 Å². The highest BCUT2D eigenvalue weighted by Gasteiger charge is 2.21. The van der Waals surface area contributed by atoms with Crippen molar-refractivity contribution in [1.29, 1.82) is 0 Å². The molecule has 2 rings (SSSR count). The van der Waals surface area contributed by atoms with E-state index in [-0.39, 0.29) is 5.82 Å². The van der Waals surface area contributed by atoms with Crippen LogP contribution in [0.1, 0.15) is 0 Å². The minimum atomic E-state index is -0.509. The third kappa shape index (κ3) is 1.84. The van der Waals surface area contributed by atoms with Gasteiger partial charge in [-0.15, -0.1) is 0 Å². The number of aromatic amines is 1. The van der Waals surface area contributed by atoms with Gasteiger partial charge in [0.25, 0.3) is 0 Å². The van der Waals surface area contributed by atoms with Crippen LogP contribution in [0.25, 0.3) is 0 Å². The average Bonchev–Trinajstić information content (AvgIpc) is 2.78. The topological polar surface area (TPSA) is 89.6 Å². The molecule has 0 radical (unpaired) electrons. The van der Waals surface area contributed by atoms with E-state index in [0.29, 0.717) is 10.2 Å². The molecule has 0 aliphatic rings. The molecule has 0 aliphatic carbocycles. The molecule has 0 saturated carbocycles. The van der Waals surface area contributed by atoms with Crippen LogP contribution in [0.5, 0.6) is 0 Å². The smallest absolute Gasteiger partial charge is 0.358 e. The highest BCUT2D eigenvalue weighted by molar-refractivity contribution is 7.99. The molecule has 0 aromatic carbocycles. The summed E-state index contributed by atoms with van der Waals surface area (Å²) >= 11 is 1.17. The average molecular weight is 225 g/mol. The summed E-state index contributed by atoms with van der Waals surface area (Å²) in [6.07, 6.45) is 4.65. The van der Waals surface area contributed by atoms with Gasteiger partial charge in [-0.25, -0.2) is 4.98 Å². The Balaban J connectivity index is 2.35.